The van der Waals surface area contributed by atoms with Gasteiger partial charge >= 0.3 is 6.09 Å². The largest absolute Gasteiger partial charge is 0.481 e. The Morgan fingerprint density at radius 3 is 2.63 bits per heavy atom. The minimum absolute atomic E-state index is 0.282. The van der Waals surface area contributed by atoms with E-state index in [2.05, 4.69) is 10.3 Å². The molecule has 3 rings (SSSR count). The smallest absolute Gasteiger partial charge is 0.408 e. The van der Waals surface area contributed by atoms with Crippen molar-refractivity contribution in [3.05, 3.63) is 57.6 Å². The molecule has 30 heavy (non-hydrogen) atoms. The molecule has 0 saturated carbocycles. The molecule has 0 radical (unpaired) electrons. The Hall–Kier alpha value is -2.44. The molecule has 1 heterocycles. The van der Waals surface area contributed by atoms with Crippen molar-refractivity contribution in [2.75, 3.05) is 0 Å². The van der Waals surface area contributed by atoms with Gasteiger partial charge in [-0.1, -0.05) is 35.3 Å². The van der Waals surface area contributed by atoms with Crippen LogP contribution in [0.1, 0.15) is 44.9 Å². The van der Waals surface area contributed by atoms with Crippen molar-refractivity contribution in [2.24, 2.45) is 10.7 Å². The van der Waals surface area contributed by atoms with E-state index < -0.39 is 17.7 Å². The number of fused-ring (bicyclic) bond motifs is 1. The summed E-state index contributed by atoms with van der Waals surface area (Å²) in [6, 6.07) is 10.6. The highest BCUT2D eigenvalue weighted by molar-refractivity contribution is 6.42. The van der Waals surface area contributed by atoms with Gasteiger partial charge < -0.3 is 20.5 Å². The van der Waals surface area contributed by atoms with Crippen molar-refractivity contribution < 1.29 is 14.3 Å². The topological polar surface area (TPSA) is 85.9 Å². The van der Waals surface area contributed by atoms with E-state index in [1.165, 1.54) is 0 Å². The third-order valence-electron chi connectivity index (χ3n) is 4.47. The van der Waals surface area contributed by atoms with E-state index in [-0.39, 0.29) is 6.10 Å². The number of nitrogens with two attached hydrogens (primary N) is 1. The molecule has 0 aromatic heterocycles. The summed E-state index contributed by atoms with van der Waals surface area (Å²) in [6.07, 6.45) is -0.320. The zero-order chi connectivity index (χ0) is 22.1. The lowest BCUT2D eigenvalue weighted by atomic mass is 9.98. The second-order valence-electron chi connectivity index (χ2n) is 8.18. The van der Waals surface area contributed by atoms with Gasteiger partial charge in [0.25, 0.3) is 0 Å². The standard InChI is InChI=1S/C22H25Cl2N3O3/c1-12-20(25)26-18-11-14(6-8-19(18)29-12)17(27-21(28)30-22(2,3)4)10-13-5-7-15(23)16(24)9-13/h5-9,11-12,17H,10H2,1-4H3,(H2,25,26)(H,27,28). The zero-order valence-corrected chi connectivity index (χ0v) is 18.8. The number of benzene rings is 2. The molecule has 0 bridgehead atoms. The van der Waals surface area contributed by atoms with Crippen LogP contribution in [0, 0.1) is 0 Å². The van der Waals surface area contributed by atoms with Gasteiger partial charge in [-0.05, 0) is 69.5 Å². The summed E-state index contributed by atoms with van der Waals surface area (Å²) in [5.41, 5.74) is 7.68. The Bertz CT molecular complexity index is 986. The lowest BCUT2D eigenvalue weighted by Crippen LogP contribution is -2.36. The maximum Gasteiger partial charge on any atom is 0.408 e. The van der Waals surface area contributed by atoms with Gasteiger partial charge in [-0.2, -0.15) is 0 Å². The first-order chi connectivity index (χ1) is 14.0. The van der Waals surface area contributed by atoms with Gasteiger partial charge in [0.05, 0.1) is 16.1 Å². The van der Waals surface area contributed by atoms with Crippen LogP contribution in [0.25, 0.3) is 0 Å². The average Bonchev–Trinajstić information content (AvgIpc) is 2.63. The lowest BCUT2D eigenvalue weighted by molar-refractivity contribution is 0.0503. The molecule has 0 spiro atoms. The number of hydrogen-bond acceptors (Lipinski definition) is 5. The molecular weight excluding hydrogens is 425 g/mol. The van der Waals surface area contributed by atoms with Crippen molar-refractivity contribution in [3.63, 3.8) is 0 Å². The molecule has 2 aromatic carbocycles. The lowest BCUT2D eigenvalue weighted by Gasteiger charge is -2.26. The fraction of sp³-hybridized carbons (Fsp3) is 0.364. The third kappa shape index (κ3) is 5.58. The minimum atomic E-state index is -0.614. The normalized spacial score (nSPS) is 16.7. The summed E-state index contributed by atoms with van der Waals surface area (Å²) in [4.78, 5) is 16.9. The molecular formula is C22H25Cl2N3O3. The Kier molecular flexibility index (Phi) is 6.48. The predicted octanol–water partition coefficient (Wildman–Crippen LogP) is 5.57. The van der Waals surface area contributed by atoms with Crippen molar-refractivity contribution in [3.8, 4) is 5.75 Å². The van der Waals surface area contributed by atoms with Gasteiger partial charge in [-0.15, -0.1) is 0 Å². The second-order valence-corrected chi connectivity index (χ2v) is 8.99. The number of hydrogen-bond donors (Lipinski definition) is 2. The summed E-state index contributed by atoms with van der Waals surface area (Å²) in [7, 11) is 0. The zero-order valence-electron chi connectivity index (χ0n) is 17.3. The fourth-order valence-electron chi connectivity index (χ4n) is 3.02. The quantitative estimate of drug-likeness (QED) is 0.638. The summed E-state index contributed by atoms with van der Waals surface area (Å²) in [5, 5.41) is 3.87. The number of rotatable bonds is 4. The molecule has 2 aromatic rings. The van der Waals surface area contributed by atoms with Gasteiger partial charge in [0.15, 0.2) is 6.10 Å². The first kappa shape index (κ1) is 22.2. The SMILES string of the molecule is CC1Oc2ccc(C(Cc3ccc(Cl)c(Cl)c3)NC(=O)OC(C)(C)C)cc2N=C1N. The second kappa shape index (κ2) is 8.74. The van der Waals surface area contributed by atoms with E-state index in [9.17, 15) is 4.79 Å². The maximum absolute atomic E-state index is 12.5. The number of nitrogens with one attached hydrogen (secondary N) is 1. The highest BCUT2D eigenvalue weighted by Gasteiger charge is 2.24. The Morgan fingerprint density at radius 2 is 1.97 bits per heavy atom. The molecule has 1 aliphatic heterocycles. The van der Waals surface area contributed by atoms with E-state index in [4.69, 9.17) is 38.4 Å². The molecule has 160 valence electrons. The first-order valence-corrected chi connectivity index (χ1v) is 10.4. The van der Waals surface area contributed by atoms with Gasteiger partial charge in [-0.3, -0.25) is 0 Å². The number of aliphatic imine (C=N–C) groups is 1. The number of amidine groups is 1. The minimum Gasteiger partial charge on any atom is -0.481 e. The van der Waals surface area contributed by atoms with Gasteiger partial charge in [0, 0.05) is 0 Å². The summed E-state index contributed by atoms with van der Waals surface area (Å²) in [5.74, 6) is 1.05. The Balaban J connectivity index is 1.92. The van der Waals surface area contributed by atoms with Crippen LogP contribution in [0.2, 0.25) is 10.0 Å². The molecule has 6 nitrogen and oxygen atoms in total. The van der Waals surface area contributed by atoms with E-state index in [0.717, 1.165) is 11.1 Å². The molecule has 0 saturated heterocycles. The number of halogens is 2. The summed E-state index contributed by atoms with van der Waals surface area (Å²) >= 11 is 12.2. The van der Waals surface area contributed by atoms with Crippen molar-refractivity contribution in [1.29, 1.82) is 0 Å². The number of carbonyl (C=O) groups is 1. The molecule has 0 aliphatic carbocycles. The first-order valence-electron chi connectivity index (χ1n) is 9.60. The van der Waals surface area contributed by atoms with Gasteiger partial charge in [0.1, 0.15) is 22.9 Å². The maximum atomic E-state index is 12.5. The number of amides is 1. The molecule has 1 aliphatic rings. The fourth-order valence-corrected chi connectivity index (χ4v) is 3.34. The van der Waals surface area contributed by atoms with Crippen molar-refractivity contribution in [2.45, 2.75) is 51.9 Å². The number of nitrogens with zero attached hydrogens (tertiary/aromatic N) is 1. The Labute approximate surface area is 186 Å². The molecule has 2 unspecified atom stereocenters. The van der Waals surface area contributed by atoms with Gasteiger partial charge in [-0.25, -0.2) is 9.79 Å². The van der Waals surface area contributed by atoms with Crippen LogP contribution in [0.15, 0.2) is 41.4 Å². The summed E-state index contributed by atoms with van der Waals surface area (Å²) < 4.78 is 11.2. The van der Waals surface area contributed by atoms with E-state index >= 15 is 0 Å². The third-order valence-corrected chi connectivity index (χ3v) is 5.21. The van der Waals surface area contributed by atoms with Gasteiger partial charge in [0.2, 0.25) is 0 Å². The van der Waals surface area contributed by atoms with Crippen LogP contribution in [0.5, 0.6) is 5.75 Å². The number of carbonyl (C=O) groups excluding carboxylic acids is 1. The highest BCUT2D eigenvalue weighted by atomic mass is 35.5. The predicted molar refractivity (Wildman–Crippen MR) is 120 cm³/mol. The van der Waals surface area contributed by atoms with Crippen LogP contribution in [-0.2, 0) is 11.2 Å². The Morgan fingerprint density at radius 1 is 1.23 bits per heavy atom. The molecule has 3 N–H and O–H groups in total. The summed E-state index contributed by atoms with van der Waals surface area (Å²) in [6.45, 7) is 7.28. The molecule has 1 amide bonds. The molecule has 0 fully saturated rings. The van der Waals surface area contributed by atoms with Crippen LogP contribution in [-0.4, -0.2) is 23.6 Å². The van der Waals surface area contributed by atoms with Crippen molar-refractivity contribution in [1.82, 2.24) is 5.32 Å². The highest BCUT2D eigenvalue weighted by Crippen LogP contribution is 2.35. The number of ether oxygens (including phenoxy) is 2. The number of alkyl carbamates (subject to hydrolysis) is 1. The van der Waals surface area contributed by atoms with Crippen molar-refractivity contribution >= 4 is 40.8 Å². The van der Waals surface area contributed by atoms with E-state index in [1.54, 1.807) is 12.1 Å². The van der Waals surface area contributed by atoms with Crippen LogP contribution in [0.4, 0.5) is 10.5 Å². The van der Waals surface area contributed by atoms with E-state index in [1.807, 2.05) is 52.0 Å². The van der Waals surface area contributed by atoms with Crippen LogP contribution < -0.4 is 15.8 Å². The molecule has 8 heteroatoms. The monoisotopic (exact) mass is 449 g/mol. The van der Waals surface area contributed by atoms with Crippen LogP contribution >= 0.6 is 23.2 Å². The van der Waals surface area contributed by atoms with E-state index in [0.29, 0.717) is 33.7 Å². The average molecular weight is 450 g/mol. The molecule has 2 atom stereocenters. The van der Waals surface area contributed by atoms with Crippen LogP contribution in [0.3, 0.4) is 0 Å².